The van der Waals surface area contributed by atoms with Crippen LogP contribution in [0.5, 0.6) is 0 Å². The van der Waals surface area contributed by atoms with Gasteiger partial charge in [0.05, 0.1) is 29.4 Å². The maximum absolute atomic E-state index is 13.1. The molecular formula is C22H16N6OS. The first-order chi connectivity index (χ1) is 14.8. The number of nitrogens with one attached hydrogen (secondary N) is 1. The first-order valence-corrected chi connectivity index (χ1v) is 10.2. The molecule has 5 aromatic rings. The van der Waals surface area contributed by atoms with Crippen molar-refractivity contribution >= 4 is 33.4 Å². The second kappa shape index (κ2) is 7.84. The van der Waals surface area contributed by atoms with Crippen LogP contribution in [0.1, 0.15) is 15.9 Å². The summed E-state index contributed by atoms with van der Waals surface area (Å²) in [6.45, 7) is 0.510. The van der Waals surface area contributed by atoms with E-state index in [1.807, 2.05) is 47.8 Å². The van der Waals surface area contributed by atoms with Crippen LogP contribution >= 0.6 is 11.3 Å². The number of carbonyl (C=O) groups excluding carboxylic acids is 1. The lowest BCUT2D eigenvalue weighted by Gasteiger charge is -2.09. The van der Waals surface area contributed by atoms with E-state index in [1.54, 1.807) is 35.5 Å². The number of hydrogen-bond donors (Lipinski definition) is 1. The highest BCUT2D eigenvalue weighted by molar-refractivity contribution is 7.13. The Morgan fingerprint density at radius 1 is 1.07 bits per heavy atom. The molecule has 7 nitrogen and oxygen atoms in total. The molecule has 0 spiro atoms. The Morgan fingerprint density at radius 3 is 2.73 bits per heavy atom. The Balaban J connectivity index is 1.63. The van der Waals surface area contributed by atoms with Gasteiger partial charge in [0, 0.05) is 29.5 Å². The van der Waals surface area contributed by atoms with Crippen molar-refractivity contribution in [3.05, 3.63) is 89.8 Å². The molecular weight excluding hydrogens is 396 g/mol. The van der Waals surface area contributed by atoms with Crippen molar-refractivity contribution in [2.24, 2.45) is 0 Å². The van der Waals surface area contributed by atoms with E-state index in [2.05, 4.69) is 20.4 Å². The number of pyridine rings is 2. The Labute approximate surface area is 176 Å². The molecule has 0 fully saturated rings. The third kappa shape index (κ3) is 3.56. The Morgan fingerprint density at radius 2 is 1.97 bits per heavy atom. The molecule has 0 atom stereocenters. The van der Waals surface area contributed by atoms with Gasteiger partial charge in [-0.1, -0.05) is 36.4 Å². The summed E-state index contributed by atoms with van der Waals surface area (Å²) in [7, 11) is 0. The highest BCUT2D eigenvalue weighted by Crippen LogP contribution is 2.26. The van der Waals surface area contributed by atoms with Crippen molar-refractivity contribution < 1.29 is 4.79 Å². The van der Waals surface area contributed by atoms with Crippen molar-refractivity contribution in [2.75, 3.05) is 5.32 Å². The van der Waals surface area contributed by atoms with Gasteiger partial charge in [0.25, 0.3) is 5.91 Å². The van der Waals surface area contributed by atoms with Crippen LogP contribution in [0.3, 0.4) is 0 Å². The van der Waals surface area contributed by atoms with Gasteiger partial charge in [-0.3, -0.25) is 15.1 Å². The van der Waals surface area contributed by atoms with Crippen LogP contribution in [0.2, 0.25) is 0 Å². The second-order valence-corrected chi connectivity index (χ2v) is 7.51. The third-order valence-electron chi connectivity index (χ3n) is 4.63. The Kier molecular flexibility index (Phi) is 4.74. The van der Waals surface area contributed by atoms with E-state index in [0.717, 1.165) is 11.1 Å². The zero-order chi connectivity index (χ0) is 20.3. The van der Waals surface area contributed by atoms with E-state index >= 15 is 0 Å². The standard InChI is InChI=1S/C22H16N6OS/c29-21(27-22-24-9-10-30-22)17-11-19(16-6-2-1-3-7-16)26-20-18(17)13-25-28(20)14-15-5-4-8-23-12-15/h1-13H,14H2,(H,24,27,29). The fourth-order valence-corrected chi connectivity index (χ4v) is 3.75. The highest BCUT2D eigenvalue weighted by Gasteiger charge is 2.18. The van der Waals surface area contributed by atoms with Crippen LogP contribution in [0.15, 0.2) is 78.7 Å². The molecule has 5 rings (SSSR count). The lowest BCUT2D eigenvalue weighted by molar-refractivity contribution is 0.102. The first kappa shape index (κ1) is 18.1. The number of nitrogens with zero attached hydrogens (tertiary/aromatic N) is 5. The number of anilines is 1. The predicted molar refractivity (Wildman–Crippen MR) is 116 cm³/mol. The maximum atomic E-state index is 13.1. The molecule has 146 valence electrons. The van der Waals surface area contributed by atoms with Crippen LogP contribution in [-0.4, -0.2) is 30.6 Å². The molecule has 0 saturated carbocycles. The second-order valence-electron chi connectivity index (χ2n) is 6.61. The van der Waals surface area contributed by atoms with Crippen molar-refractivity contribution in [3.63, 3.8) is 0 Å². The summed E-state index contributed by atoms with van der Waals surface area (Å²) < 4.78 is 1.79. The van der Waals surface area contributed by atoms with E-state index in [-0.39, 0.29) is 5.91 Å². The van der Waals surface area contributed by atoms with Gasteiger partial charge in [0.2, 0.25) is 0 Å². The summed E-state index contributed by atoms with van der Waals surface area (Å²) in [6.07, 6.45) is 6.87. The van der Waals surface area contributed by atoms with Crippen molar-refractivity contribution in [1.82, 2.24) is 24.7 Å². The number of rotatable bonds is 5. The van der Waals surface area contributed by atoms with E-state index in [4.69, 9.17) is 4.98 Å². The number of thiazole rings is 1. The van der Waals surface area contributed by atoms with E-state index in [1.165, 1.54) is 11.3 Å². The zero-order valence-electron chi connectivity index (χ0n) is 15.8. The Hall–Kier alpha value is -3.91. The Bertz CT molecular complexity index is 1300. The average Bonchev–Trinajstić information content (AvgIpc) is 3.45. The van der Waals surface area contributed by atoms with Gasteiger partial charge in [-0.2, -0.15) is 5.10 Å². The van der Waals surface area contributed by atoms with Gasteiger partial charge < -0.3 is 0 Å². The highest BCUT2D eigenvalue weighted by atomic mass is 32.1. The largest absolute Gasteiger partial charge is 0.298 e. The van der Waals surface area contributed by atoms with Gasteiger partial charge in [-0.25, -0.2) is 14.6 Å². The molecule has 0 saturated heterocycles. The average molecular weight is 412 g/mol. The quantitative estimate of drug-likeness (QED) is 0.466. The van der Waals surface area contributed by atoms with Gasteiger partial charge >= 0.3 is 0 Å². The lowest BCUT2D eigenvalue weighted by atomic mass is 10.1. The number of fused-ring (bicyclic) bond motifs is 1. The number of carbonyl (C=O) groups is 1. The van der Waals surface area contributed by atoms with Crippen LogP contribution in [0, 0.1) is 0 Å². The van der Waals surface area contributed by atoms with Gasteiger partial charge in [-0.05, 0) is 17.7 Å². The third-order valence-corrected chi connectivity index (χ3v) is 5.32. The minimum Gasteiger partial charge on any atom is -0.298 e. The number of benzene rings is 1. The summed E-state index contributed by atoms with van der Waals surface area (Å²) >= 11 is 1.37. The molecule has 1 aromatic carbocycles. The van der Waals surface area contributed by atoms with E-state index in [0.29, 0.717) is 34.0 Å². The molecule has 0 radical (unpaired) electrons. The summed E-state index contributed by atoms with van der Waals surface area (Å²) in [5.41, 5.74) is 3.79. The van der Waals surface area contributed by atoms with Gasteiger partial charge in [0.1, 0.15) is 0 Å². The van der Waals surface area contributed by atoms with Crippen LogP contribution in [0.25, 0.3) is 22.3 Å². The number of aromatic nitrogens is 5. The SMILES string of the molecule is O=C(Nc1nccs1)c1cc(-c2ccccc2)nc2c1cnn2Cc1cccnc1. The number of amides is 1. The fraction of sp³-hybridized carbons (Fsp3) is 0.0455. The first-order valence-electron chi connectivity index (χ1n) is 9.30. The maximum Gasteiger partial charge on any atom is 0.258 e. The summed E-state index contributed by atoms with van der Waals surface area (Å²) in [6, 6.07) is 15.5. The molecule has 1 amide bonds. The molecule has 0 aliphatic carbocycles. The van der Waals surface area contributed by atoms with E-state index in [9.17, 15) is 4.79 Å². The molecule has 30 heavy (non-hydrogen) atoms. The van der Waals surface area contributed by atoms with Gasteiger partial charge in [0.15, 0.2) is 10.8 Å². The van der Waals surface area contributed by atoms with Crippen molar-refractivity contribution in [2.45, 2.75) is 6.54 Å². The van der Waals surface area contributed by atoms with Crippen LogP contribution in [-0.2, 0) is 6.54 Å². The molecule has 0 unspecified atom stereocenters. The zero-order valence-corrected chi connectivity index (χ0v) is 16.6. The number of hydrogen-bond acceptors (Lipinski definition) is 6. The smallest absolute Gasteiger partial charge is 0.258 e. The molecule has 4 heterocycles. The molecule has 0 aliphatic rings. The topological polar surface area (TPSA) is 85.6 Å². The summed E-state index contributed by atoms with van der Waals surface area (Å²) in [4.78, 5) is 26.2. The van der Waals surface area contributed by atoms with Crippen molar-refractivity contribution in [3.8, 4) is 11.3 Å². The fourth-order valence-electron chi connectivity index (χ4n) is 3.22. The lowest BCUT2D eigenvalue weighted by Crippen LogP contribution is -2.13. The minimum atomic E-state index is -0.240. The molecule has 0 bridgehead atoms. The normalized spacial score (nSPS) is 10.9. The minimum absolute atomic E-state index is 0.240. The molecule has 1 N–H and O–H groups in total. The van der Waals surface area contributed by atoms with Crippen molar-refractivity contribution in [1.29, 1.82) is 0 Å². The molecule has 4 aromatic heterocycles. The molecule has 8 heteroatoms. The van der Waals surface area contributed by atoms with Gasteiger partial charge in [-0.15, -0.1) is 11.3 Å². The van der Waals surface area contributed by atoms with Crippen LogP contribution in [0.4, 0.5) is 5.13 Å². The monoisotopic (exact) mass is 412 g/mol. The molecule has 0 aliphatic heterocycles. The van der Waals surface area contributed by atoms with E-state index < -0.39 is 0 Å². The predicted octanol–water partition coefficient (Wildman–Crippen LogP) is 4.25. The summed E-state index contributed by atoms with van der Waals surface area (Å²) in [5.74, 6) is -0.240. The summed E-state index contributed by atoms with van der Waals surface area (Å²) in [5, 5.41) is 10.4. The van der Waals surface area contributed by atoms with Crippen LogP contribution < -0.4 is 5.32 Å².